The highest BCUT2D eigenvalue weighted by Gasteiger charge is 2.52. The highest BCUT2D eigenvalue weighted by molar-refractivity contribution is 9.08. The molecule has 4 nitrogen and oxygen atoms in total. The smallest absolute Gasteiger partial charge is 0.271 e. The summed E-state index contributed by atoms with van der Waals surface area (Å²) < 4.78 is 2.28. The first-order valence-electron chi connectivity index (χ1n) is 4.45. The van der Waals surface area contributed by atoms with E-state index in [0.29, 0.717) is 6.42 Å². The van der Waals surface area contributed by atoms with Crippen LogP contribution in [0.5, 0.6) is 0 Å². The summed E-state index contributed by atoms with van der Waals surface area (Å²) in [6.45, 7) is 3.81. The summed E-state index contributed by atoms with van der Waals surface area (Å²) in [6.07, 6.45) is 2.58. The lowest BCUT2D eigenvalue weighted by atomic mass is 9.95. The summed E-state index contributed by atoms with van der Waals surface area (Å²) in [4.78, 5) is 23.2. The van der Waals surface area contributed by atoms with Gasteiger partial charge in [-0.1, -0.05) is 19.8 Å². The summed E-state index contributed by atoms with van der Waals surface area (Å²) in [7, 11) is 0. The molecule has 1 saturated heterocycles. The van der Waals surface area contributed by atoms with Gasteiger partial charge in [-0.2, -0.15) is 3.93 Å². The molecule has 1 aliphatic heterocycles. The van der Waals surface area contributed by atoms with Crippen molar-refractivity contribution in [3.8, 4) is 0 Å². The van der Waals surface area contributed by atoms with Crippen molar-refractivity contribution in [1.82, 2.24) is 7.85 Å². The molecule has 80 valence electrons. The quantitative estimate of drug-likeness (QED) is 0.590. The molecule has 1 aliphatic rings. The van der Waals surface area contributed by atoms with Gasteiger partial charge in [-0.3, -0.25) is 4.79 Å². The molecular weight excluding hydrogens is 316 g/mol. The predicted molar refractivity (Wildman–Crippen MR) is 59.9 cm³/mol. The van der Waals surface area contributed by atoms with E-state index in [9.17, 15) is 9.59 Å². The molecular formula is C8H12Br2N2O2. The van der Waals surface area contributed by atoms with Crippen molar-refractivity contribution in [3.05, 3.63) is 0 Å². The van der Waals surface area contributed by atoms with E-state index in [4.69, 9.17) is 0 Å². The van der Waals surface area contributed by atoms with Crippen molar-refractivity contribution < 1.29 is 9.59 Å². The number of hydrogen-bond acceptors (Lipinski definition) is 2. The topological polar surface area (TPSA) is 40.6 Å². The molecule has 1 unspecified atom stereocenters. The molecule has 1 rings (SSSR count). The normalized spacial score (nSPS) is 27.7. The summed E-state index contributed by atoms with van der Waals surface area (Å²) in [5, 5.41) is 0. The summed E-state index contributed by atoms with van der Waals surface area (Å²) in [5.41, 5.74) is -0.753. The fraction of sp³-hybridized carbons (Fsp3) is 0.750. The molecule has 0 aliphatic carbocycles. The maximum absolute atomic E-state index is 11.7. The lowest BCUT2D eigenvalue weighted by Gasteiger charge is -2.25. The van der Waals surface area contributed by atoms with Gasteiger partial charge in [-0.05, 0) is 13.3 Å². The van der Waals surface area contributed by atoms with Gasteiger partial charge in [0.25, 0.3) is 5.91 Å². The second-order valence-corrected chi connectivity index (χ2v) is 4.95. The zero-order valence-corrected chi connectivity index (χ0v) is 11.3. The monoisotopic (exact) mass is 326 g/mol. The summed E-state index contributed by atoms with van der Waals surface area (Å²) >= 11 is 6.07. The third-order valence-corrected chi connectivity index (χ3v) is 4.14. The lowest BCUT2D eigenvalue weighted by molar-refractivity contribution is -0.128. The fourth-order valence-corrected chi connectivity index (χ4v) is 2.64. The van der Waals surface area contributed by atoms with E-state index in [1.165, 1.54) is 3.93 Å². The van der Waals surface area contributed by atoms with E-state index in [1.807, 2.05) is 0 Å². The van der Waals surface area contributed by atoms with E-state index in [-0.39, 0.29) is 11.9 Å². The van der Waals surface area contributed by atoms with E-state index in [1.54, 1.807) is 6.92 Å². The van der Waals surface area contributed by atoms with E-state index in [0.717, 1.165) is 16.8 Å². The van der Waals surface area contributed by atoms with Crippen molar-refractivity contribution in [2.24, 2.45) is 0 Å². The SMILES string of the molecule is CCCCC1(C)C(=O)N(Br)C(=O)N1Br. The number of imide groups is 1. The molecule has 0 N–H and O–H groups in total. The van der Waals surface area contributed by atoms with E-state index < -0.39 is 5.54 Å². The van der Waals surface area contributed by atoms with Gasteiger partial charge in [-0.15, -0.1) is 0 Å². The van der Waals surface area contributed by atoms with Crippen LogP contribution in [0.1, 0.15) is 33.1 Å². The van der Waals surface area contributed by atoms with Crippen molar-refractivity contribution >= 4 is 44.2 Å². The molecule has 6 heteroatoms. The second-order valence-electron chi connectivity index (χ2n) is 3.53. The predicted octanol–water partition coefficient (Wildman–Crippen LogP) is 2.82. The fourth-order valence-electron chi connectivity index (χ4n) is 1.40. The summed E-state index contributed by atoms with van der Waals surface area (Å²) in [6, 6.07) is -0.367. The Labute approximate surface area is 100 Å². The summed E-state index contributed by atoms with van der Waals surface area (Å²) in [5.74, 6) is -0.215. The molecule has 1 fully saturated rings. The highest BCUT2D eigenvalue weighted by Crippen LogP contribution is 2.36. The minimum Gasteiger partial charge on any atom is -0.271 e. The number of urea groups is 1. The number of halogens is 2. The van der Waals surface area contributed by atoms with Crippen molar-refractivity contribution in [2.45, 2.75) is 38.6 Å². The van der Waals surface area contributed by atoms with Crippen LogP contribution >= 0.6 is 32.3 Å². The van der Waals surface area contributed by atoms with E-state index >= 15 is 0 Å². The van der Waals surface area contributed by atoms with Gasteiger partial charge in [-0.25, -0.2) is 8.72 Å². The molecule has 0 radical (unpaired) electrons. The van der Waals surface area contributed by atoms with E-state index in [2.05, 4.69) is 39.2 Å². The number of rotatable bonds is 3. The van der Waals surface area contributed by atoms with Crippen LogP contribution in [0.2, 0.25) is 0 Å². The van der Waals surface area contributed by atoms with Gasteiger partial charge in [0, 0.05) is 0 Å². The molecule has 3 amide bonds. The zero-order chi connectivity index (χ0) is 10.9. The lowest BCUT2D eigenvalue weighted by Crippen LogP contribution is -2.41. The molecule has 0 aromatic carbocycles. The second kappa shape index (κ2) is 4.18. The third kappa shape index (κ3) is 1.69. The van der Waals surface area contributed by atoms with Crippen molar-refractivity contribution in [2.75, 3.05) is 0 Å². The number of unbranched alkanes of at least 4 members (excludes halogenated alkanes) is 1. The van der Waals surface area contributed by atoms with Crippen LogP contribution in [0, 0.1) is 0 Å². The molecule has 14 heavy (non-hydrogen) atoms. The maximum atomic E-state index is 11.7. The standard InChI is InChI=1S/C8H12Br2N2O2/c1-3-4-5-8(2)6(13)11(9)7(14)12(8)10/h3-5H2,1-2H3. The molecule has 0 saturated carbocycles. The minimum atomic E-state index is -0.753. The Morgan fingerprint density at radius 1 is 1.36 bits per heavy atom. The first-order valence-corrected chi connectivity index (χ1v) is 5.87. The van der Waals surface area contributed by atoms with Crippen molar-refractivity contribution in [3.63, 3.8) is 0 Å². The molecule has 0 aromatic heterocycles. The minimum absolute atomic E-state index is 0.215. The van der Waals surface area contributed by atoms with Gasteiger partial charge >= 0.3 is 6.03 Å². The molecule has 1 atom stereocenters. The third-order valence-electron chi connectivity index (χ3n) is 2.43. The largest absolute Gasteiger partial charge is 0.348 e. The molecule has 0 bridgehead atoms. The Morgan fingerprint density at radius 2 is 1.93 bits per heavy atom. The molecule has 0 aromatic rings. The molecule has 1 heterocycles. The Hall–Kier alpha value is -0.100. The average molecular weight is 328 g/mol. The van der Waals surface area contributed by atoms with Crippen molar-refractivity contribution in [1.29, 1.82) is 0 Å². The van der Waals surface area contributed by atoms with Crippen LogP contribution in [0.25, 0.3) is 0 Å². The zero-order valence-electron chi connectivity index (χ0n) is 8.09. The van der Waals surface area contributed by atoms with Crippen LogP contribution in [-0.4, -0.2) is 25.3 Å². The highest BCUT2D eigenvalue weighted by atomic mass is 79.9. The van der Waals surface area contributed by atoms with Crippen LogP contribution in [-0.2, 0) is 4.79 Å². The van der Waals surface area contributed by atoms with Gasteiger partial charge < -0.3 is 0 Å². The van der Waals surface area contributed by atoms with Gasteiger partial charge in [0.1, 0.15) is 5.54 Å². The van der Waals surface area contributed by atoms with Gasteiger partial charge in [0.2, 0.25) is 0 Å². The van der Waals surface area contributed by atoms with Crippen LogP contribution in [0.4, 0.5) is 4.79 Å². The first-order chi connectivity index (χ1) is 6.45. The first kappa shape index (κ1) is 12.0. The Kier molecular flexibility index (Phi) is 3.58. The Bertz CT molecular complexity index is 272. The number of carbonyl (C=O) groups excluding carboxylic acids is 2. The number of nitrogens with zero attached hydrogens (tertiary/aromatic N) is 2. The Morgan fingerprint density at radius 3 is 2.29 bits per heavy atom. The van der Waals surface area contributed by atoms with Gasteiger partial charge in [0.15, 0.2) is 0 Å². The van der Waals surface area contributed by atoms with Crippen LogP contribution < -0.4 is 0 Å². The number of hydrogen-bond donors (Lipinski definition) is 0. The van der Waals surface area contributed by atoms with Crippen LogP contribution in [0.15, 0.2) is 0 Å². The number of carbonyl (C=O) groups is 2. The Balaban J connectivity index is 2.87. The van der Waals surface area contributed by atoms with Gasteiger partial charge in [0.05, 0.1) is 32.3 Å². The average Bonchev–Trinajstić information content (AvgIpc) is 2.32. The maximum Gasteiger partial charge on any atom is 0.348 e. The number of amides is 3. The molecule has 0 spiro atoms. The van der Waals surface area contributed by atoms with Crippen LogP contribution in [0.3, 0.4) is 0 Å².